The molecule has 0 atom stereocenters. The molecular weight excluding hydrogens is 384 g/mol. The molecule has 4 aromatic rings. The van der Waals surface area contributed by atoms with Gasteiger partial charge < -0.3 is 10.5 Å². The highest BCUT2D eigenvalue weighted by Crippen LogP contribution is 2.28. The lowest BCUT2D eigenvalue weighted by molar-refractivity contribution is -0.384. The molecule has 0 saturated heterocycles. The van der Waals surface area contributed by atoms with Gasteiger partial charge in [0, 0.05) is 23.9 Å². The molecule has 0 fully saturated rings. The number of non-ortho nitro benzene ring substituents is 1. The summed E-state index contributed by atoms with van der Waals surface area (Å²) in [5, 5.41) is 15.5. The van der Waals surface area contributed by atoms with Gasteiger partial charge in [0.1, 0.15) is 17.2 Å². The quantitative estimate of drug-likeness (QED) is 0.382. The third-order valence-electron chi connectivity index (χ3n) is 4.39. The van der Waals surface area contributed by atoms with Crippen molar-refractivity contribution < 1.29 is 14.5 Å². The highest BCUT2D eigenvalue weighted by molar-refractivity contribution is 5.98. The molecule has 0 saturated carbocycles. The Balaban J connectivity index is 1.68. The van der Waals surface area contributed by atoms with Crippen LogP contribution in [0.15, 0.2) is 85.1 Å². The van der Waals surface area contributed by atoms with Crippen molar-refractivity contribution in [3.05, 3.63) is 101 Å². The topological polar surface area (TPSA) is 113 Å². The SMILES string of the molecule is NC(=O)c1cn(-c2cccc([N+](=O)[O-])c2)nc1-c1ccc(Oc2ccccc2)cc1. The van der Waals surface area contributed by atoms with Crippen molar-refractivity contribution in [1.29, 1.82) is 0 Å². The lowest BCUT2D eigenvalue weighted by Gasteiger charge is -2.06. The van der Waals surface area contributed by atoms with Gasteiger partial charge in [-0.2, -0.15) is 5.10 Å². The van der Waals surface area contributed by atoms with E-state index in [1.165, 1.54) is 23.0 Å². The van der Waals surface area contributed by atoms with Gasteiger partial charge in [-0.1, -0.05) is 24.3 Å². The average molecular weight is 400 g/mol. The third kappa shape index (κ3) is 3.88. The van der Waals surface area contributed by atoms with E-state index in [-0.39, 0.29) is 11.3 Å². The number of primary amides is 1. The molecule has 0 unspecified atom stereocenters. The molecule has 8 heteroatoms. The summed E-state index contributed by atoms with van der Waals surface area (Å²) in [7, 11) is 0. The monoisotopic (exact) mass is 400 g/mol. The van der Waals surface area contributed by atoms with Gasteiger partial charge in [-0.3, -0.25) is 14.9 Å². The van der Waals surface area contributed by atoms with Crippen molar-refractivity contribution in [3.63, 3.8) is 0 Å². The third-order valence-corrected chi connectivity index (χ3v) is 4.39. The van der Waals surface area contributed by atoms with Crippen LogP contribution in [0, 0.1) is 10.1 Å². The molecule has 1 amide bonds. The summed E-state index contributed by atoms with van der Waals surface area (Å²) in [6.45, 7) is 0. The molecule has 0 aliphatic carbocycles. The van der Waals surface area contributed by atoms with E-state index in [2.05, 4.69) is 5.10 Å². The van der Waals surface area contributed by atoms with Gasteiger partial charge in [0.15, 0.2) is 0 Å². The fraction of sp³-hybridized carbons (Fsp3) is 0. The van der Waals surface area contributed by atoms with E-state index >= 15 is 0 Å². The molecular formula is C22H16N4O4. The zero-order chi connectivity index (χ0) is 21.1. The minimum absolute atomic E-state index is 0.0763. The molecule has 4 rings (SSSR count). The van der Waals surface area contributed by atoms with Crippen LogP contribution in [0.4, 0.5) is 5.69 Å². The summed E-state index contributed by atoms with van der Waals surface area (Å²) in [5.41, 5.74) is 7.14. The van der Waals surface area contributed by atoms with Crippen LogP contribution in [-0.2, 0) is 0 Å². The minimum atomic E-state index is -0.647. The minimum Gasteiger partial charge on any atom is -0.457 e. The first-order chi connectivity index (χ1) is 14.5. The van der Waals surface area contributed by atoms with E-state index in [4.69, 9.17) is 10.5 Å². The van der Waals surface area contributed by atoms with Crippen LogP contribution in [0.5, 0.6) is 11.5 Å². The number of nitro benzene ring substituents is 1. The van der Waals surface area contributed by atoms with Crippen molar-refractivity contribution in [3.8, 4) is 28.4 Å². The van der Waals surface area contributed by atoms with Crippen LogP contribution >= 0.6 is 0 Å². The second-order valence-electron chi connectivity index (χ2n) is 6.42. The summed E-state index contributed by atoms with van der Waals surface area (Å²) in [5.74, 6) is 0.688. The van der Waals surface area contributed by atoms with E-state index in [9.17, 15) is 14.9 Å². The van der Waals surface area contributed by atoms with Crippen molar-refractivity contribution in [2.45, 2.75) is 0 Å². The lowest BCUT2D eigenvalue weighted by Crippen LogP contribution is -2.11. The number of hydrogen-bond acceptors (Lipinski definition) is 5. The molecule has 0 spiro atoms. The Kier molecular flexibility index (Phi) is 4.96. The van der Waals surface area contributed by atoms with Crippen LogP contribution in [0.3, 0.4) is 0 Å². The standard InChI is InChI=1S/C22H16N4O4/c23-22(27)20-14-25(16-5-4-6-17(13-16)26(28)29)24-21(20)15-9-11-19(12-10-15)30-18-7-2-1-3-8-18/h1-14H,(H2,23,27). The number of para-hydroxylation sites is 1. The van der Waals surface area contributed by atoms with Crippen LogP contribution < -0.4 is 10.5 Å². The van der Waals surface area contributed by atoms with Crippen LogP contribution in [0.1, 0.15) is 10.4 Å². The second-order valence-corrected chi connectivity index (χ2v) is 6.42. The molecule has 0 radical (unpaired) electrons. The number of nitro groups is 1. The summed E-state index contributed by atoms with van der Waals surface area (Å²) in [6.07, 6.45) is 1.46. The Bertz CT molecular complexity index is 1220. The zero-order valence-corrected chi connectivity index (χ0v) is 15.6. The first-order valence-corrected chi connectivity index (χ1v) is 8.99. The molecule has 0 aliphatic heterocycles. The fourth-order valence-corrected chi connectivity index (χ4v) is 2.95. The van der Waals surface area contributed by atoms with E-state index in [0.29, 0.717) is 28.4 Å². The Morgan fingerprint density at radius 3 is 2.33 bits per heavy atom. The molecule has 8 nitrogen and oxygen atoms in total. The van der Waals surface area contributed by atoms with Crippen molar-refractivity contribution in [1.82, 2.24) is 9.78 Å². The maximum atomic E-state index is 12.0. The molecule has 148 valence electrons. The van der Waals surface area contributed by atoms with E-state index in [1.54, 1.807) is 36.4 Å². The number of nitrogens with two attached hydrogens (primary N) is 1. The maximum absolute atomic E-state index is 12.0. The number of amides is 1. The highest BCUT2D eigenvalue weighted by Gasteiger charge is 2.17. The zero-order valence-electron chi connectivity index (χ0n) is 15.6. The highest BCUT2D eigenvalue weighted by atomic mass is 16.6. The Morgan fingerprint density at radius 2 is 1.67 bits per heavy atom. The van der Waals surface area contributed by atoms with Gasteiger partial charge in [-0.15, -0.1) is 0 Å². The molecule has 30 heavy (non-hydrogen) atoms. The first-order valence-electron chi connectivity index (χ1n) is 8.99. The van der Waals surface area contributed by atoms with Gasteiger partial charge >= 0.3 is 0 Å². The van der Waals surface area contributed by atoms with Crippen LogP contribution in [-0.4, -0.2) is 20.6 Å². The van der Waals surface area contributed by atoms with Gasteiger partial charge in [0.2, 0.25) is 0 Å². The van der Waals surface area contributed by atoms with Crippen LogP contribution in [0.2, 0.25) is 0 Å². The van der Waals surface area contributed by atoms with Gasteiger partial charge in [-0.25, -0.2) is 4.68 Å². The normalized spacial score (nSPS) is 10.5. The number of aromatic nitrogens is 2. The van der Waals surface area contributed by atoms with E-state index in [1.807, 2.05) is 30.3 Å². The molecule has 3 aromatic carbocycles. The largest absolute Gasteiger partial charge is 0.457 e. The van der Waals surface area contributed by atoms with Crippen LogP contribution in [0.25, 0.3) is 16.9 Å². The molecule has 1 aromatic heterocycles. The number of carbonyl (C=O) groups is 1. The first kappa shape index (κ1) is 18.9. The predicted octanol–water partition coefficient (Wildman–Crippen LogP) is 4.34. The summed E-state index contributed by atoms with van der Waals surface area (Å²) in [6, 6.07) is 22.4. The number of ether oxygens (including phenoxy) is 1. The van der Waals surface area contributed by atoms with Crippen molar-refractivity contribution in [2.24, 2.45) is 5.73 Å². The average Bonchev–Trinajstić information content (AvgIpc) is 3.21. The van der Waals surface area contributed by atoms with Crippen molar-refractivity contribution in [2.75, 3.05) is 0 Å². The number of hydrogen-bond donors (Lipinski definition) is 1. The Hall–Kier alpha value is -4.46. The summed E-state index contributed by atoms with van der Waals surface area (Å²) in [4.78, 5) is 22.5. The van der Waals surface area contributed by atoms with Crippen molar-refractivity contribution >= 4 is 11.6 Å². The van der Waals surface area contributed by atoms with Gasteiger partial charge in [-0.05, 0) is 42.5 Å². The number of rotatable bonds is 6. The molecule has 2 N–H and O–H groups in total. The number of benzene rings is 3. The van der Waals surface area contributed by atoms with E-state index < -0.39 is 10.8 Å². The smallest absolute Gasteiger partial charge is 0.271 e. The Morgan fingerprint density at radius 1 is 0.967 bits per heavy atom. The van der Waals surface area contributed by atoms with Gasteiger partial charge in [0.25, 0.3) is 11.6 Å². The summed E-state index contributed by atoms with van der Waals surface area (Å²) >= 11 is 0. The van der Waals surface area contributed by atoms with Gasteiger partial charge in [0.05, 0.1) is 16.2 Å². The lowest BCUT2D eigenvalue weighted by atomic mass is 10.1. The fourth-order valence-electron chi connectivity index (χ4n) is 2.95. The van der Waals surface area contributed by atoms with E-state index in [0.717, 1.165) is 0 Å². The number of nitrogens with zero attached hydrogens (tertiary/aromatic N) is 3. The molecule has 1 heterocycles. The maximum Gasteiger partial charge on any atom is 0.271 e. The molecule has 0 aliphatic rings. The second kappa shape index (κ2) is 7.88. The predicted molar refractivity (Wildman–Crippen MR) is 111 cm³/mol. The molecule has 0 bridgehead atoms. The number of carbonyl (C=O) groups excluding carboxylic acids is 1. The summed E-state index contributed by atoms with van der Waals surface area (Å²) < 4.78 is 7.18. The Labute approximate surface area is 171 Å².